The number of benzene rings is 2. The van der Waals surface area contributed by atoms with Crippen molar-refractivity contribution < 1.29 is 32.6 Å². The second kappa shape index (κ2) is 9.18. The summed E-state index contributed by atoms with van der Waals surface area (Å²) in [5, 5.41) is 11.5. The Morgan fingerprint density at radius 2 is 1.63 bits per heavy atom. The molecule has 1 atom stereocenters. The smallest absolute Gasteiger partial charge is 0.416 e. The van der Waals surface area contributed by atoms with Crippen LogP contribution in [-0.4, -0.2) is 29.6 Å². The first-order valence-corrected chi connectivity index (χ1v) is 8.05. The third kappa shape index (κ3) is 6.74. The summed E-state index contributed by atoms with van der Waals surface area (Å²) in [4.78, 5) is 23.2. The first-order chi connectivity index (χ1) is 12.8. The molecule has 0 fully saturated rings. The van der Waals surface area contributed by atoms with Gasteiger partial charge in [-0.1, -0.05) is 42.5 Å². The van der Waals surface area contributed by atoms with E-state index in [-0.39, 0.29) is 19.6 Å². The van der Waals surface area contributed by atoms with Crippen LogP contribution in [0.25, 0.3) is 0 Å². The lowest BCUT2D eigenvalue weighted by Gasteiger charge is -2.15. The minimum absolute atomic E-state index is 0.141. The molecule has 2 N–H and O–H groups in total. The van der Waals surface area contributed by atoms with Gasteiger partial charge in [0.05, 0.1) is 12.2 Å². The monoisotopic (exact) mass is 381 g/mol. The van der Waals surface area contributed by atoms with Crippen molar-refractivity contribution in [3.63, 3.8) is 0 Å². The van der Waals surface area contributed by atoms with E-state index in [9.17, 15) is 27.9 Å². The molecular weight excluding hydrogens is 363 g/mol. The quantitative estimate of drug-likeness (QED) is 0.737. The van der Waals surface area contributed by atoms with E-state index >= 15 is 0 Å². The summed E-state index contributed by atoms with van der Waals surface area (Å²) in [5.41, 5.74) is 0.405. The predicted molar refractivity (Wildman–Crippen MR) is 90.8 cm³/mol. The number of aliphatic carboxylic acids is 1. The maximum absolute atomic E-state index is 12.6. The fourth-order valence-electron chi connectivity index (χ4n) is 2.34. The molecule has 0 spiro atoms. The lowest BCUT2D eigenvalue weighted by atomic mass is 10.0. The van der Waals surface area contributed by atoms with Gasteiger partial charge in [0.1, 0.15) is 12.6 Å². The summed E-state index contributed by atoms with van der Waals surface area (Å²) in [5.74, 6) is -1.91. The number of halogens is 3. The zero-order valence-electron chi connectivity index (χ0n) is 14.2. The average molecular weight is 381 g/mol. The van der Waals surface area contributed by atoms with Gasteiger partial charge < -0.3 is 15.2 Å². The summed E-state index contributed by atoms with van der Waals surface area (Å²) in [7, 11) is 0. The van der Waals surface area contributed by atoms with Gasteiger partial charge in [-0.05, 0) is 23.3 Å². The van der Waals surface area contributed by atoms with Crippen LogP contribution in [0.4, 0.5) is 13.2 Å². The van der Waals surface area contributed by atoms with Gasteiger partial charge in [0.2, 0.25) is 5.91 Å². The van der Waals surface area contributed by atoms with Gasteiger partial charge in [-0.3, -0.25) is 4.79 Å². The summed E-state index contributed by atoms with van der Waals surface area (Å²) in [6.07, 6.45) is -4.60. The Hall–Kier alpha value is -2.87. The van der Waals surface area contributed by atoms with Crippen molar-refractivity contribution in [2.45, 2.75) is 25.2 Å². The standard InChI is InChI=1S/C19H18F3NO4/c20-19(21,22)15-8-6-13(7-9-15)10-16(18(25)26)23-17(24)12-27-11-14-4-2-1-3-5-14/h1-9,16H,10-12H2,(H,23,24)(H,25,26)/t16-/m0/s1. The maximum Gasteiger partial charge on any atom is 0.416 e. The Bertz CT molecular complexity index is 761. The van der Waals surface area contributed by atoms with E-state index in [4.69, 9.17) is 4.74 Å². The predicted octanol–water partition coefficient (Wildman–Crippen LogP) is 3.03. The molecule has 0 heterocycles. The van der Waals surface area contributed by atoms with Crippen molar-refractivity contribution in [1.29, 1.82) is 0 Å². The van der Waals surface area contributed by atoms with Gasteiger partial charge in [-0.15, -0.1) is 0 Å². The van der Waals surface area contributed by atoms with Crippen molar-refractivity contribution in [3.8, 4) is 0 Å². The van der Waals surface area contributed by atoms with Crippen LogP contribution in [0.1, 0.15) is 16.7 Å². The number of nitrogens with one attached hydrogen (secondary N) is 1. The van der Waals surface area contributed by atoms with Crippen LogP contribution < -0.4 is 5.32 Å². The third-order valence-corrected chi connectivity index (χ3v) is 3.70. The third-order valence-electron chi connectivity index (χ3n) is 3.70. The second-order valence-electron chi connectivity index (χ2n) is 5.84. The van der Waals surface area contributed by atoms with E-state index in [2.05, 4.69) is 5.32 Å². The number of rotatable bonds is 8. The molecule has 0 aliphatic rings. The van der Waals surface area contributed by atoms with Crippen LogP contribution in [0, 0.1) is 0 Å². The lowest BCUT2D eigenvalue weighted by molar-refractivity contribution is -0.142. The normalized spacial score (nSPS) is 12.4. The van der Waals surface area contributed by atoms with E-state index in [1.807, 2.05) is 30.3 Å². The fraction of sp³-hybridized carbons (Fsp3) is 0.263. The molecule has 0 aliphatic heterocycles. The zero-order valence-corrected chi connectivity index (χ0v) is 14.2. The number of hydrogen-bond acceptors (Lipinski definition) is 3. The molecule has 5 nitrogen and oxygen atoms in total. The molecule has 2 rings (SSSR count). The minimum atomic E-state index is -4.46. The van der Waals surface area contributed by atoms with Gasteiger partial charge in [-0.25, -0.2) is 4.79 Å². The number of amides is 1. The molecule has 0 saturated carbocycles. The molecule has 0 radical (unpaired) electrons. The van der Waals surface area contributed by atoms with Crippen LogP contribution in [0.3, 0.4) is 0 Å². The molecule has 144 valence electrons. The van der Waals surface area contributed by atoms with Gasteiger partial charge in [0.25, 0.3) is 0 Å². The molecule has 0 aliphatic carbocycles. The van der Waals surface area contributed by atoms with E-state index < -0.39 is 29.7 Å². The van der Waals surface area contributed by atoms with Crippen LogP contribution in [0.15, 0.2) is 54.6 Å². The Labute approximate surface area is 153 Å². The first kappa shape index (κ1) is 20.4. The largest absolute Gasteiger partial charge is 0.480 e. The number of hydrogen-bond donors (Lipinski definition) is 2. The van der Waals surface area contributed by atoms with Crippen LogP contribution >= 0.6 is 0 Å². The molecule has 0 bridgehead atoms. The van der Waals surface area contributed by atoms with Gasteiger partial charge in [0, 0.05) is 6.42 Å². The summed E-state index contributed by atoms with van der Waals surface area (Å²) < 4.78 is 42.9. The number of carboxylic acid groups (broad SMARTS) is 1. The molecular formula is C19H18F3NO4. The summed E-state index contributed by atoms with van der Waals surface area (Å²) in [6.45, 7) is -0.128. The number of carboxylic acids is 1. The van der Waals surface area contributed by atoms with Crippen molar-refractivity contribution >= 4 is 11.9 Å². The highest BCUT2D eigenvalue weighted by Gasteiger charge is 2.30. The van der Waals surface area contributed by atoms with Crippen molar-refractivity contribution in [3.05, 3.63) is 71.3 Å². The molecule has 2 aromatic rings. The number of carbonyl (C=O) groups excluding carboxylic acids is 1. The Morgan fingerprint density at radius 3 is 2.19 bits per heavy atom. The number of alkyl halides is 3. The maximum atomic E-state index is 12.6. The highest BCUT2D eigenvalue weighted by atomic mass is 19.4. The summed E-state index contributed by atoms with van der Waals surface area (Å²) >= 11 is 0. The van der Waals surface area contributed by atoms with Crippen LogP contribution in [0.2, 0.25) is 0 Å². The van der Waals surface area contributed by atoms with Gasteiger partial charge >= 0.3 is 12.1 Å². The van der Waals surface area contributed by atoms with E-state index in [1.54, 1.807) is 0 Å². The molecule has 27 heavy (non-hydrogen) atoms. The van der Waals surface area contributed by atoms with Crippen molar-refractivity contribution in [2.24, 2.45) is 0 Å². The van der Waals surface area contributed by atoms with E-state index in [0.717, 1.165) is 17.7 Å². The summed E-state index contributed by atoms with van der Waals surface area (Å²) in [6, 6.07) is 12.0. The topological polar surface area (TPSA) is 75.6 Å². The Balaban J connectivity index is 1.87. The highest BCUT2D eigenvalue weighted by Crippen LogP contribution is 2.29. The minimum Gasteiger partial charge on any atom is -0.480 e. The van der Waals surface area contributed by atoms with Crippen molar-refractivity contribution in [2.75, 3.05) is 6.61 Å². The Kier molecular flexibility index (Phi) is 6.95. The Morgan fingerprint density at radius 1 is 1.00 bits per heavy atom. The molecule has 2 aromatic carbocycles. The molecule has 1 amide bonds. The molecule has 0 aromatic heterocycles. The van der Waals surface area contributed by atoms with E-state index in [1.165, 1.54) is 12.1 Å². The zero-order chi connectivity index (χ0) is 19.9. The second-order valence-corrected chi connectivity index (χ2v) is 5.84. The van der Waals surface area contributed by atoms with Crippen LogP contribution in [-0.2, 0) is 33.5 Å². The number of carbonyl (C=O) groups is 2. The van der Waals surface area contributed by atoms with Gasteiger partial charge in [-0.2, -0.15) is 13.2 Å². The molecule has 8 heteroatoms. The fourth-order valence-corrected chi connectivity index (χ4v) is 2.34. The van der Waals surface area contributed by atoms with Gasteiger partial charge in [0.15, 0.2) is 0 Å². The number of ether oxygens (including phenoxy) is 1. The van der Waals surface area contributed by atoms with Crippen LogP contribution in [0.5, 0.6) is 0 Å². The molecule has 0 saturated heterocycles. The highest BCUT2D eigenvalue weighted by molar-refractivity contribution is 5.84. The SMILES string of the molecule is O=C(COCc1ccccc1)N[C@@H](Cc1ccc(C(F)(F)F)cc1)C(=O)O. The lowest BCUT2D eigenvalue weighted by Crippen LogP contribution is -2.43. The average Bonchev–Trinajstić information content (AvgIpc) is 2.61. The van der Waals surface area contributed by atoms with E-state index in [0.29, 0.717) is 5.56 Å². The molecule has 0 unspecified atom stereocenters. The van der Waals surface area contributed by atoms with Crippen molar-refractivity contribution in [1.82, 2.24) is 5.32 Å². The first-order valence-electron chi connectivity index (χ1n) is 8.05.